The lowest BCUT2D eigenvalue weighted by atomic mass is 10.0. The SMILES string of the molecule is CCOC(=O)CC(Cc1ccc(C)cc1)NC1CC1. The molecule has 3 heteroatoms. The van der Waals surface area contributed by atoms with Crippen LogP contribution in [0.5, 0.6) is 0 Å². The van der Waals surface area contributed by atoms with Crippen LogP contribution < -0.4 is 5.32 Å². The zero-order valence-electron chi connectivity index (χ0n) is 11.8. The smallest absolute Gasteiger partial charge is 0.307 e. The van der Waals surface area contributed by atoms with Gasteiger partial charge in [-0.3, -0.25) is 4.79 Å². The van der Waals surface area contributed by atoms with E-state index in [0.29, 0.717) is 19.1 Å². The van der Waals surface area contributed by atoms with Crippen molar-refractivity contribution in [2.24, 2.45) is 0 Å². The molecule has 3 nitrogen and oxygen atoms in total. The van der Waals surface area contributed by atoms with E-state index in [1.807, 2.05) is 6.92 Å². The Morgan fingerprint density at radius 1 is 1.37 bits per heavy atom. The fourth-order valence-corrected chi connectivity index (χ4v) is 2.20. The molecule has 0 heterocycles. The van der Waals surface area contributed by atoms with Crippen LogP contribution in [0, 0.1) is 6.92 Å². The number of hydrogen-bond acceptors (Lipinski definition) is 3. The first kappa shape index (κ1) is 14.1. The first-order valence-corrected chi connectivity index (χ1v) is 7.14. The highest BCUT2D eigenvalue weighted by molar-refractivity contribution is 5.70. The monoisotopic (exact) mass is 261 g/mol. The van der Waals surface area contributed by atoms with Gasteiger partial charge in [0.05, 0.1) is 13.0 Å². The van der Waals surface area contributed by atoms with Crippen LogP contribution >= 0.6 is 0 Å². The Hall–Kier alpha value is -1.35. The van der Waals surface area contributed by atoms with E-state index >= 15 is 0 Å². The second-order valence-corrected chi connectivity index (χ2v) is 5.34. The molecule has 19 heavy (non-hydrogen) atoms. The molecule has 0 amide bonds. The average Bonchev–Trinajstić information content (AvgIpc) is 3.16. The second kappa shape index (κ2) is 6.71. The Labute approximate surface area is 115 Å². The van der Waals surface area contributed by atoms with Gasteiger partial charge in [-0.25, -0.2) is 0 Å². The molecule has 1 atom stereocenters. The van der Waals surface area contributed by atoms with E-state index in [1.54, 1.807) is 0 Å². The van der Waals surface area contributed by atoms with Crippen LogP contribution in [0.25, 0.3) is 0 Å². The normalized spacial score (nSPS) is 16.1. The first-order valence-electron chi connectivity index (χ1n) is 7.14. The summed E-state index contributed by atoms with van der Waals surface area (Å²) in [7, 11) is 0. The maximum atomic E-state index is 11.6. The predicted octanol–water partition coefficient (Wildman–Crippen LogP) is 2.61. The number of rotatable bonds is 7. The molecule has 0 spiro atoms. The quantitative estimate of drug-likeness (QED) is 0.767. The van der Waals surface area contributed by atoms with Crippen molar-refractivity contribution in [2.45, 2.75) is 51.6 Å². The summed E-state index contributed by atoms with van der Waals surface area (Å²) in [5, 5.41) is 3.54. The third-order valence-corrected chi connectivity index (χ3v) is 3.37. The third-order valence-electron chi connectivity index (χ3n) is 3.37. The van der Waals surface area contributed by atoms with Crippen molar-refractivity contribution >= 4 is 5.97 Å². The largest absolute Gasteiger partial charge is 0.466 e. The minimum atomic E-state index is -0.104. The van der Waals surface area contributed by atoms with Crippen molar-refractivity contribution < 1.29 is 9.53 Å². The lowest BCUT2D eigenvalue weighted by Crippen LogP contribution is -2.35. The minimum absolute atomic E-state index is 0.104. The molecule has 1 aliphatic carbocycles. The van der Waals surface area contributed by atoms with Gasteiger partial charge >= 0.3 is 5.97 Å². The number of aryl methyl sites for hydroxylation is 1. The third kappa shape index (κ3) is 5.03. The van der Waals surface area contributed by atoms with E-state index in [1.165, 1.54) is 24.0 Å². The minimum Gasteiger partial charge on any atom is -0.466 e. The van der Waals surface area contributed by atoms with Crippen LogP contribution in [-0.4, -0.2) is 24.7 Å². The highest BCUT2D eigenvalue weighted by Gasteiger charge is 2.26. The maximum absolute atomic E-state index is 11.6. The molecule has 1 N–H and O–H groups in total. The molecular formula is C16H23NO2. The highest BCUT2D eigenvalue weighted by Crippen LogP contribution is 2.21. The van der Waals surface area contributed by atoms with Gasteiger partial charge in [0, 0.05) is 12.1 Å². The van der Waals surface area contributed by atoms with Gasteiger partial charge in [-0.2, -0.15) is 0 Å². The van der Waals surface area contributed by atoms with Crippen molar-refractivity contribution in [3.8, 4) is 0 Å². The molecule has 0 saturated heterocycles. The standard InChI is InChI=1S/C16H23NO2/c1-3-19-16(18)11-15(17-14-8-9-14)10-13-6-4-12(2)5-7-13/h4-7,14-15,17H,3,8-11H2,1-2H3. The Kier molecular flexibility index (Phi) is 4.97. The van der Waals surface area contributed by atoms with Crippen LogP contribution in [0.3, 0.4) is 0 Å². The number of carbonyl (C=O) groups excluding carboxylic acids is 1. The molecule has 1 fully saturated rings. The molecule has 1 aliphatic rings. The Morgan fingerprint density at radius 2 is 2.05 bits per heavy atom. The number of nitrogens with one attached hydrogen (secondary N) is 1. The molecule has 1 unspecified atom stereocenters. The Morgan fingerprint density at radius 3 is 2.63 bits per heavy atom. The van der Waals surface area contributed by atoms with E-state index in [2.05, 4.69) is 36.5 Å². The summed E-state index contributed by atoms with van der Waals surface area (Å²) in [4.78, 5) is 11.6. The lowest BCUT2D eigenvalue weighted by Gasteiger charge is -2.18. The van der Waals surface area contributed by atoms with Crippen molar-refractivity contribution in [3.05, 3.63) is 35.4 Å². The van der Waals surface area contributed by atoms with Gasteiger partial charge in [0.15, 0.2) is 0 Å². The van der Waals surface area contributed by atoms with Crippen molar-refractivity contribution in [3.63, 3.8) is 0 Å². The van der Waals surface area contributed by atoms with Crippen LogP contribution in [0.4, 0.5) is 0 Å². The molecule has 104 valence electrons. The fourth-order valence-electron chi connectivity index (χ4n) is 2.20. The van der Waals surface area contributed by atoms with Gasteiger partial charge in [0.25, 0.3) is 0 Å². The molecule has 1 aromatic rings. The summed E-state index contributed by atoms with van der Waals surface area (Å²) < 4.78 is 5.05. The van der Waals surface area contributed by atoms with Crippen LogP contribution in [0.1, 0.15) is 37.3 Å². The summed E-state index contributed by atoms with van der Waals surface area (Å²) in [6.07, 6.45) is 3.80. The molecule has 0 aliphatic heterocycles. The Bertz CT molecular complexity index is 409. The topological polar surface area (TPSA) is 38.3 Å². The first-order chi connectivity index (χ1) is 9.17. The van der Waals surface area contributed by atoms with Gasteiger partial charge < -0.3 is 10.1 Å². The summed E-state index contributed by atoms with van der Waals surface area (Å²) in [6, 6.07) is 9.31. The van der Waals surface area contributed by atoms with Crippen LogP contribution in [0.15, 0.2) is 24.3 Å². The maximum Gasteiger partial charge on any atom is 0.307 e. The molecule has 0 aromatic heterocycles. The summed E-state index contributed by atoms with van der Waals surface area (Å²) in [5.41, 5.74) is 2.54. The molecule has 0 bridgehead atoms. The predicted molar refractivity (Wildman–Crippen MR) is 76.1 cm³/mol. The zero-order valence-corrected chi connectivity index (χ0v) is 11.8. The van der Waals surface area contributed by atoms with E-state index in [-0.39, 0.29) is 12.0 Å². The summed E-state index contributed by atoms with van der Waals surface area (Å²) >= 11 is 0. The number of esters is 1. The number of ether oxygens (including phenoxy) is 1. The number of benzene rings is 1. The van der Waals surface area contributed by atoms with Gasteiger partial charge in [0.1, 0.15) is 0 Å². The summed E-state index contributed by atoms with van der Waals surface area (Å²) in [6.45, 7) is 4.39. The van der Waals surface area contributed by atoms with Crippen LogP contribution in [0.2, 0.25) is 0 Å². The van der Waals surface area contributed by atoms with Gasteiger partial charge in [-0.15, -0.1) is 0 Å². The van der Waals surface area contributed by atoms with Gasteiger partial charge in [-0.1, -0.05) is 29.8 Å². The molecular weight excluding hydrogens is 238 g/mol. The lowest BCUT2D eigenvalue weighted by molar-refractivity contribution is -0.143. The fraction of sp³-hybridized carbons (Fsp3) is 0.562. The molecule has 1 saturated carbocycles. The zero-order chi connectivity index (χ0) is 13.7. The van der Waals surface area contributed by atoms with Gasteiger partial charge in [-0.05, 0) is 38.7 Å². The number of carbonyl (C=O) groups is 1. The van der Waals surface area contributed by atoms with E-state index in [9.17, 15) is 4.79 Å². The van der Waals surface area contributed by atoms with Crippen molar-refractivity contribution in [2.75, 3.05) is 6.61 Å². The van der Waals surface area contributed by atoms with Crippen molar-refractivity contribution in [1.82, 2.24) is 5.32 Å². The molecule has 2 rings (SSSR count). The van der Waals surface area contributed by atoms with E-state index in [4.69, 9.17) is 4.74 Å². The molecule has 1 aromatic carbocycles. The highest BCUT2D eigenvalue weighted by atomic mass is 16.5. The van der Waals surface area contributed by atoms with Crippen LogP contribution in [-0.2, 0) is 16.0 Å². The van der Waals surface area contributed by atoms with E-state index in [0.717, 1.165) is 6.42 Å². The average molecular weight is 261 g/mol. The van der Waals surface area contributed by atoms with Gasteiger partial charge in [0.2, 0.25) is 0 Å². The summed E-state index contributed by atoms with van der Waals surface area (Å²) in [5.74, 6) is -0.104. The molecule has 0 radical (unpaired) electrons. The van der Waals surface area contributed by atoms with E-state index < -0.39 is 0 Å². The van der Waals surface area contributed by atoms with Crippen molar-refractivity contribution in [1.29, 1.82) is 0 Å². The second-order valence-electron chi connectivity index (χ2n) is 5.34. The number of hydrogen-bond donors (Lipinski definition) is 1. The Balaban J connectivity index is 1.92.